The summed E-state index contributed by atoms with van der Waals surface area (Å²) in [5.41, 5.74) is 6.01. The summed E-state index contributed by atoms with van der Waals surface area (Å²) in [7, 11) is 0. The first-order valence-corrected chi connectivity index (χ1v) is 13.8. The summed E-state index contributed by atoms with van der Waals surface area (Å²) in [5, 5.41) is 1.21. The quantitative estimate of drug-likeness (QED) is 0.120. The Morgan fingerprint density at radius 1 is 1.00 bits per heavy atom. The van der Waals surface area contributed by atoms with Gasteiger partial charge >= 0.3 is 5.97 Å². The van der Waals surface area contributed by atoms with Crippen molar-refractivity contribution >= 4 is 62.9 Å². The normalized spacial score (nSPS) is 11.3. The van der Waals surface area contributed by atoms with E-state index >= 15 is 0 Å². The second-order valence-corrected chi connectivity index (χ2v) is 11.3. The van der Waals surface area contributed by atoms with Gasteiger partial charge in [-0.3, -0.25) is 4.79 Å². The van der Waals surface area contributed by atoms with E-state index in [-0.39, 0.29) is 12.4 Å². The number of carbonyl (C=O) groups excluding carboxylic acids is 2. The summed E-state index contributed by atoms with van der Waals surface area (Å²) in [4.78, 5) is 27.6. The highest BCUT2D eigenvalue weighted by Crippen LogP contribution is 2.44. The minimum absolute atomic E-state index is 0.137. The molecule has 7 heteroatoms. The minimum atomic E-state index is -0.423. The third kappa shape index (κ3) is 4.57. The Morgan fingerprint density at radius 3 is 2.42 bits per heavy atom. The number of hydrogen-bond acceptors (Lipinski definition) is 5. The van der Waals surface area contributed by atoms with Gasteiger partial charge in [-0.2, -0.15) is 0 Å². The molecule has 0 radical (unpaired) electrons. The lowest BCUT2D eigenvalue weighted by atomic mass is 10.1. The lowest BCUT2D eigenvalue weighted by molar-refractivity contribution is 0.0531. The fraction of sp³-hybridized carbons (Fsp3) is 0.172. The fourth-order valence-corrected chi connectivity index (χ4v) is 6.82. The summed E-state index contributed by atoms with van der Waals surface area (Å²) in [6, 6.07) is 19.3. The molecule has 0 aliphatic carbocycles. The van der Waals surface area contributed by atoms with Gasteiger partial charge < -0.3 is 9.14 Å². The Hall–Kier alpha value is -3.06. The molecule has 0 bridgehead atoms. The molecule has 4 nitrogen and oxygen atoms in total. The van der Waals surface area contributed by atoms with Crippen molar-refractivity contribution in [1.82, 2.24) is 4.40 Å². The van der Waals surface area contributed by atoms with Crippen LogP contribution in [-0.2, 0) is 10.5 Å². The average Bonchev–Trinajstić information content (AvgIpc) is 3.39. The predicted octanol–water partition coefficient (Wildman–Crippen LogP) is 8.12. The number of pyridine rings is 1. The molecule has 0 amide bonds. The molecule has 0 N–H and O–H groups in total. The zero-order valence-corrected chi connectivity index (χ0v) is 22.5. The number of hydrogen-bond donors (Lipinski definition) is 0. The van der Waals surface area contributed by atoms with E-state index in [0.717, 1.165) is 26.6 Å². The highest BCUT2D eigenvalue weighted by molar-refractivity contribution is 8.00. The maximum Gasteiger partial charge on any atom is 0.341 e. The molecule has 3 aromatic heterocycles. The van der Waals surface area contributed by atoms with Crippen LogP contribution in [0.1, 0.15) is 49.2 Å². The molecule has 0 saturated heterocycles. The van der Waals surface area contributed by atoms with Crippen molar-refractivity contribution in [2.75, 3.05) is 6.61 Å². The van der Waals surface area contributed by atoms with Crippen LogP contribution in [0.15, 0.2) is 71.1 Å². The van der Waals surface area contributed by atoms with Crippen LogP contribution < -0.4 is 0 Å². The number of carbonyl (C=O) groups is 2. The van der Waals surface area contributed by atoms with Crippen LogP contribution in [0.25, 0.3) is 16.4 Å². The number of ether oxygens (including phenoxy) is 1. The zero-order valence-electron chi connectivity index (χ0n) is 20.1. The van der Waals surface area contributed by atoms with Gasteiger partial charge in [0.05, 0.1) is 32.3 Å². The van der Waals surface area contributed by atoms with E-state index in [4.69, 9.17) is 16.3 Å². The Balaban J connectivity index is 1.73. The maximum absolute atomic E-state index is 13.8. The summed E-state index contributed by atoms with van der Waals surface area (Å²) >= 11 is 9.17. The topological polar surface area (TPSA) is 47.8 Å². The summed E-state index contributed by atoms with van der Waals surface area (Å²) < 4.78 is 8.46. The summed E-state index contributed by atoms with van der Waals surface area (Å²) in [6.07, 6.45) is 1.97. The van der Waals surface area contributed by atoms with Crippen LogP contribution in [-0.4, -0.2) is 22.8 Å². The second-order valence-electron chi connectivity index (χ2n) is 8.61. The van der Waals surface area contributed by atoms with Crippen LogP contribution >= 0.6 is 34.7 Å². The van der Waals surface area contributed by atoms with Gasteiger partial charge in [0.25, 0.3) is 0 Å². The first-order valence-electron chi connectivity index (χ1n) is 11.6. The average molecular weight is 534 g/mol. The number of aryl methyl sites for hydroxylation is 2. The van der Waals surface area contributed by atoms with E-state index in [1.165, 1.54) is 22.5 Å². The van der Waals surface area contributed by atoms with E-state index < -0.39 is 5.97 Å². The van der Waals surface area contributed by atoms with Gasteiger partial charge in [-0.05, 0) is 68.3 Å². The number of esters is 1. The molecule has 3 heterocycles. The van der Waals surface area contributed by atoms with Gasteiger partial charge in [-0.25, -0.2) is 4.79 Å². The Morgan fingerprint density at radius 2 is 1.72 bits per heavy atom. The molecule has 0 aliphatic heterocycles. The Labute approximate surface area is 222 Å². The number of halogens is 1. The van der Waals surface area contributed by atoms with Crippen LogP contribution in [0, 0.1) is 13.8 Å². The number of fused-ring (bicyclic) bond motifs is 3. The minimum Gasteiger partial charge on any atom is -0.462 e. The molecule has 0 spiro atoms. The number of rotatable bonds is 7. The monoisotopic (exact) mass is 533 g/mol. The van der Waals surface area contributed by atoms with Crippen molar-refractivity contribution in [3.05, 3.63) is 105 Å². The smallest absolute Gasteiger partial charge is 0.341 e. The number of thiophene rings is 1. The molecule has 0 fully saturated rings. The van der Waals surface area contributed by atoms with Crippen molar-refractivity contribution in [2.45, 2.75) is 30.7 Å². The van der Waals surface area contributed by atoms with Crippen molar-refractivity contribution in [2.24, 2.45) is 0 Å². The number of thioether (sulfide) groups is 1. The first-order chi connectivity index (χ1) is 17.4. The molecular formula is C29H24ClNO3S2. The van der Waals surface area contributed by atoms with Gasteiger partial charge in [0.2, 0.25) is 5.78 Å². The molecule has 36 heavy (non-hydrogen) atoms. The highest BCUT2D eigenvalue weighted by Gasteiger charge is 2.29. The third-order valence-corrected chi connectivity index (χ3v) is 8.75. The lowest BCUT2D eigenvalue weighted by Crippen LogP contribution is -2.06. The Kier molecular flexibility index (Phi) is 6.93. The standard InChI is InChI=1S/C29H24ClNO3S2/c1-4-34-28(33)23-22-15-18(3)13-14-31(22)25-24(23)27(26(32)20-9-11-21(30)12-10-20)36-29(25)35-16-19-7-5-17(2)6-8-19/h5-15H,4,16H2,1-3H3. The summed E-state index contributed by atoms with van der Waals surface area (Å²) in [5.74, 6) is 0.189. The van der Waals surface area contributed by atoms with Crippen molar-refractivity contribution in [3.8, 4) is 0 Å². The molecule has 0 atom stereocenters. The molecule has 0 aliphatic rings. The molecule has 0 unspecified atom stereocenters. The van der Waals surface area contributed by atoms with Crippen molar-refractivity contribution < 1.29 is 14.3 Å². The molecular weight excluding hydrogens is 510 g/mol. The van der Waals surface area contributed by atoms with E-state index in [2.05, 4.69) is 31.2 Å². The fourth-order valence-electron chi connectivity index (χ4n) is 4.21. The molecule has 0 saturated carbocycles. The molecule has 5 rings (SSSR count). The SMILES string of the molecule is CCOC(=O)c1c2c(C(=O)c3ccc(Cl)cc3)sc(SCc3ccc(C)cc3)c2n2ccc(C)cc12. The van der Waals surface area contributed by atoms with E-state index in [9.17, 15) is 9.59 Å². The van der Waals surface area contributed by atoms with Gasteiger partial charge in [-0.1, -0.05) is 41.4 Å². The van der Waals surface area contributed by atoms with Crippen molar-refractivity contribution in [3.63, 3.8) is 0 Å². The van der Waals surface area contributed by atoms with E-state index in [1.807, 2.05) is 29.7 Å². The zero-order chi connectivity index (χ0) is 25.4. The molecule has 5 aromatic rings. The van der Waals surface area contributed by atoms with Gasteiger partial charge in [0.1, 0.15) is 0 Å². The van der Waals surface area contributed by atoms with Crippen LogP contribution in [0.4, 0.5) is 0 Å². The molecule has 182 valence electrons. The van der Waals surface area contributed by atoms with Crippen molar-refractivity contribution in [1.29, 1.82) is 0 Å². The largest absolute Gasteiger partial charge is 0.462 e. The van der Waals surface area contributed by atoms with E-state index in [1.54, 1.807) is 43.0 Å². The maximum atomic E-state index is 13.8. The number of nitrogens with zero attached hydrogens (tertiary/aromatic N) is 1. The Bertz CT molecular complexity index is 1600. The third-order valence-electron chi connectivity index (χ3n) is 5.99. The van der Waals surface area contributed by atoms with Crippen LogP contribution in [0.3, 0.4) is 0 Å². The van der Waals surface area contributed by atoms with Gasteiger partial charge in [0.15, 0.2) is 0 Å². The second kappa shape index (κ2) is 10.1. The van der Waals surface area contributed by atoms with Gasteiger partial charge in [0, 0.05) is 27.9 Å². The number of benzene rings is 2. The number of ketones is 1. The lowest BCUT2D eigenvalue weighted by Gasteiger charge is -2.05. The van der Waals surface area contributed by atoms with Crippen LogP contribution in [0.5, 0.6) is 0 Å². The first kappa shape index (κ1) is 24.6. The van der Waals surface area contributed by atoms with Gasteiger partial charge in [-0.15, -0.1) is 23.1 Å². The van der Waals surface area contributed by atoms with Crippen LogP contribution in [0.2, 0.25) is 5.02 Å². The predicted molar refractivity (Wildman–Crippen MR) is 149 cm³/mol. The summed E-state index contributed by atoms with van der Waals surface area (Å²) in [6.45, 7) is 6.10. The number of aromatic nitrogens is 1. The molecule has 2 aromatic carbocycles. The highest BCUT2D eigenvalue weighted by atomic mass is 35.5. The van der Waals surface area contributed by atoms with E-state index in [0.29, 0.717) is 26.4 Å².